The molecule has 198 valence electrons. The molecule has 0 N–H and O–H groups in total. The summed E-state index contributed by atoms with van der Waals surface area (Å²) >= 11 is 2.19. The fourth-order valence-corrected chi connectivity index (χ4v) is 6.54. The fourth-order valence-electron chi connectivity index (χ4n) is 5.76. The van der Waals surface area contributed by atoms with Crippen LogP contribution in [0.25, 0.3) is 0 Å². The van der Waals surface area contributed by atoms with Gasteiger partial charge >= 0.3 is 0 Å². The van der Waals surface area contributed by atoms with E-state index in [-0.39, 0.29) is 23.9 Å². The Kier molecular flexibility index (Phi) is 7.56. The van der Waals surface area contributed by atoms with Gasteiger partial charge in [-0.3, -0.25) is 19.7 Å². The number of ketones is 2. The molecule has 3 aliphatic rings. The van der Waals surface area contributed by atoms with Gasteiger partial charge in [-0.1, -0.05) is 12.1 Å². The molecular weight excluding hydrogens is 599 g/mol. The molecule has 1 heterocycles. The van der Waals surface area contributed by atoms with E-state index in [1.807, 2.05) is 26.1 Å². The number of rotatable bonds is 7. The Labute approximate surface area is 235 Å². The molecule has 0 aromatic heterocycles. The van der Waals surface area contributed by atoms with Crippen molar-refractivity contribution in [1.29, 1.82) is 0 Å². The van der Waals surface area contributed by atoms with Crippen LogP contribution in [0.3, 0.4) is 0 Å². The summed E-state index contributed by atoms with van der Waals surface area (Å²) in [5.74, 6) is 0.841. The SMILES string of the molecule is CCOc1cc(C2C3=C(CCCC3=O)N(C)C3=C2C(=O)CCC3)cc(I)c1OCc1cccc([N+](=O)[O-])c1. The average molecular weight is 628 g/mol. The van der Waals surface area contributed by atoms with Gasteiger partial charge in [0.1, 0.15) is 6.61 Å². The zero-order valence-corrected chi connectivity index (χ0v) is 23.6. The van der Waals surface area contributed by atoms with Crippen molar-refractivity contribution in [3.8, 4) is 11.5 Å². The molecule has 2 aromatic rings. The molecule has 0 atom stereocenters. The summed E-state index contributed by atoms with van der Waals surface area (Å²) in [5, 5.41) is 11.2. The standard InChI is InChI=1S/C29H29IN2O6/c1-3-37-25-15-18(14-20(30)29(25)38-16-17-7-4-8-19(13-17)32(35)36)26-27-21(9-5-11-23(27)33)31(2)22-10-6-12-24(34)28(22)26/h4,7-8,13-15,26H,3,5-6,9-12,16H2,1-2H3. The summed E-state index contributed by atoms with van der Waals surface area (Å²) in [4.78, 5) is 39.5. The van der Waals surface area contributed by atoms with Crippen LogP contribution >= 0.6 is 22.6 Å². The average Bonchev–Trinajstić information content (AvgIpc) is 2.89. The highest BCUT2D eigenvalue weighted by atomic mass is 127. The normalized spacial score (nSPS) is 17.9. The number of non-ortho nitro benzene ring substituents is 1. The maximum absolute atomic E-state index is 13.3. The Balaban J connectivity index is 1.57. The van der Waals surface area contributed by atoms with Crippen LogP contribution in [0.5, 0.6) is 11.5 Å². The van der Waals surface area contributed by atoms with Gasteiger partial charge in [0.05, 0.1) is 15.1 Å². The molecule has 0 amide bonds. The first-order valence-corrected chi connectivity index (χ1v) is 14.0. The van der Waals surface area contributed by atoms with E-state index >= 15 is 0 Å². The van der Waals surface area contributed by atoms with E-state index in [0.29, 0.717) is 36.5 Å². The molecular formula is C29H29IN2O6. The monoisotopic (exact) mass is 628 g/mol. The molecule has 8 nitrogen and oxygen atoms in total. The summed E-state index contributed by atoms with van der Waals surface area (Å²) in [6, 6.07) is 10.2. The van der Waals surface area contributed by atoms with E-state index < -0.39 is 10.8 Å². The first-order chi connectivity index (χ1) is 18.3. The second-order valence-electron chi connectivity index (χ2n) is 9.74. The third-order valence-electron chi connectivity index (χ3n) is 7.41. The molecule has 0 spiro atoms. The van der Waals surface area contributed by atoms with Gasteiger partial charge in [-0.25, -0.2) is 0 Å². The molecule has 0 fully saturated rings. The highest BCUT2D eigenvalue weighted by molar-refractivity contribution is 14.1. The molecule has 0 radical (unpaired) electrons. The number of ether oxygens (including phenoxy) is 2. The summed E-state index contributed by atoms with van der Waals surface area (Å²) in [6.07, 6.45) is 4.24. The predicted molar refractivity (Wildman–Crippen MR) is 150 cm³/mol. The van der Waals surface area contributed by atoms with Gasteiger partial charge in [0.25, 0.3) is 5.69 Å². The van der Waals surface area contributed by atoms with Crippen molar-refractivity contribution < 1.29 is 24.0 Å². The van der Waals surface area contributed by atoms with Gasteiger partial charge in [-0.15, -0.1) is 0 Å². The Hall–Kier alpha value is -3.21. The largest absolute Gasteiger partial charge is 0.490 e. The lowest BCUT2D eigenvalue weighted by Crippen LogP contribution is -2.37. The maximum atomic E-state index is 13.3. The molecule has 1 aliphatic heterocycles. The molecule has 0 bridgehead atoms. The number of hydrogen-bond donors (Lipinski definition) is 0. The van der Waals surface area contributed by atoms with Crippen LogP contribution in [-0.4, -0.2) is 35.0 Å². The third kappa shape index (κ3) is 4.83. The molecule has 0 saturated heterocycles. The number of allylic oxidation sites excluding steroid dienone is 4. The van der Waals surface area contributed by atoms with Gasteiger partial charge in [0, 0.05) is 60.5 Å². The smallest absolute Gasteiger partial charge is 0.269 e. The van der Waals surface area contributed by atoms with Gasteiger partial charge in [-0.05, 0) is 78.5 Å². The number of halogens is 1. The first kappa shape index (κ1) is 26.4. The number of nitro benzene ring substituents is 1. The van der Waals surface area contributed by atoms with E-state index in [0.717, 1.165) is 57.4 Å². The van der Waals surface area contributed by atoms with Crippen molar-refractivity contribution in [3.05, 3.63) is 83.7 Å². The lowest BCUT2D eigenvalue weighted by Gasteiger charge is -2.42. The zero-order chi connectivity index (χ0) is 27.0. The second-order valence-corrected chi connectivity index (χ2v) is 10.9. The highest BCUT2D eigenvalue weighted by Gasteiger charge is 2.42. The minimum atomic E-state index is -0.430. The van der Waals surface area contributed by atoms with Gasteiger partial charge in [0.2, 0.25) is 0 Å². The summed E-state index contributed by atoms with van der Waals surface area (Å²) < 4.78 is 12.9. The van der Waals surface area contributed by atoms with E-state index in [9.17, 15) is 19.7 Å². The molecule has 2 aromatic carbocycles. The van der Waals surface area contributed by atoms with E-state index in [1.165, 1.54) is 12.1 Å². The number of carbonyl (C=O) groups excluding carboxylic acids is 2. The number of benzene rings is 2. The fraction of sp³-hybridized carbons (Fsp3) is 0.379. The number of nitrogens with zero attached hydrogens (tertiary/aromatic N) is 2. The Bertz CT molecular complexity index is 1350. The van der Waals surface area contributed by atoms with E-state index in [4.69, 9.17) is 9.47 Å². The Morgan fingerprint density at radius 2 is 1.66 bits per heavy atom. The third-order valence-corrected chi connectivity index (χ3v) is 8.22. The Morgan fingerprint density at radius 3 is 2.26 bits per heavy atom. The van der Waals surface area contributed by atoms with Crippen LogP contribution in [0, 0.1) is 13.7 Å². The van der Waals surface area contributed by atoms with Crippen LogP contribution in [0.15, 0.2) is 58.9 Å². The van der Waals surface area contributed by atoms with Crippen molar-refractivity contribution in [3.63, 3.8) is 0 Å². The van der Waals surface area contributed by atoms with Crippen molar-refractivity contribution in [1.82, 2.24) is 4.90 Å². The number of Topliss-reactive ketones (excluding diaryl/α,β-unsaturated/α-hetero) is 2. The van der Waals surface area contributed by atoms with E-state index in [1.54, 1.807) is 12.1 Å². The lowest BCUT2D eigenvalue weighted by atomic mass is 9.71. The molecule has 38 heavy (non-hydrogen) atoms. The predicted octanol–water partition coefficient (Wildman–Crippen LogP) is 6.22. The molecule has 5 rings (SSSR count). The minimum absolute atomic E-state index is 0.00546. The van der Waals surface area contributed by atoms with Gasteiger partial charge in [0.15, 0.2) is 23.1 Å². The van der Waals surface area contributed by atoms with Gasteiger partial charge < -0.3 is 14.4 Å². The quantitative estimate of drug-likeness (QED) is 0.204. The summed E-state index contributed by atoms with van der Waals surface area (Å²) in [7, 11) is 1.98. The first-order valence-electron chi connectivity index (χ1n) is 12.9. The Morgan fingerprint density at radius 1 is 1.00 bits per heavy atom. The molecule has 2 aliphatic carbocycles. The van der Waals surface area contributed by atoms with E-state index in [2.05, 4.69) is 27.5 Å². The maximum Gasteiger partial charge on any atom is 0.269 e. The van der Waals surface area contributed by atoms with Crippen LogP contribution in [0.1, 0.15) is 62.5 Å². The highest BCUT2D eigenvalue weighted by Crippen LogP contribution is 2.50. The van der Waals surface area contributed by atoms with Crippen LogP contribution in [-0.2, 0) is 16.2 Å². The minimum Gasteiger partial charge on any atom is -0.490 e. The lowest BCUT2D eigenvalue weighted by molar-refractivity contribution is -0.384. The zero-order valence-electron chi connectivity index (χ0n) is 21.4. The molecule has 9 heteroatoms. The van der Waals surface area contributed by atoms with Crippen molar-refractivity contribution in [2.45, 2.75) is 58.0 Å². The van der Waals surface area contributed by atoms with Crippen molar-refractivity contribution in [2.75, 3.05) is 13.7 Å². The number of carbonyl (C=O) groups is 2. The second kappa shape index (κ2) is 10.9. The summed E-state index contributed by atoms with van der Waals surface area (Å²) in [5.41, 5.74) is 5.04. The van der Waals surface area contributed by atoms with Crippen molar-refractivity contribution >= 4 is 39.8 Å². The topological polar surface area (TPSA) is 99.0 Å². The number of hydrogen-bond acceptors (Lipinski definition) is 7. The van der Waals surface area contributed by atoms with Crippen LogP contribution in [0.2, 0.25) is 0 Å². The summed E-state index contributed by atoms with van der Waals surface area (Å²) in [6.45, 7) is 2.42. The van der Waals surface area contributed by atoms with Crippen molar-refractivity contribution in [2.24, 2.45) is 0 Å². The number of nitro groups is 1. The molecule has 0 saturated carbocycles. The van der Waals surface area contributed by atoms with Crippen LogP contribution < -0.4 is 9.47 Å². The van der Waals surface area contributed by atoms with Gasteiger partial charge in [-0.2, -0.15) is 0 Å². The molecule has 0 unspecified atom stereocenters. The van der Waals surface area contributed by atoms with Crippen LogP contribution in [0.4, 0.5) is 5.69 Å².